The van der Waals surface area contributed by atoms with Crippen LogP contribution in [0.25, 0.3) is 0 Å². The molecule has 3 N–H and O–H groups in total. The van der Waals surface area contributed by atoms with E-state index in [0.29, 0.717) is 0 Å². The summed E-state index contributed by atoms with van der Waals surface area (Å²) >= 11 is 0. The quantitative estimate of drug-likeness (QED) is 0.827. The predicted molar refractivity (Wildman–Crippen MR) is 64.0 cm³/mol. The lowest BCUT2D eigenvalue weighted by Crippen LogP contribution is -2.38. The molecule has 0 fully saturated rings. The third kappa shape index (κ3) is 6.87. The normalized spacial score (nSPS) is 15.0. The van der Waals surface area contributed by atoms with Gasteiger partial charge in [0.2, 0.25) is 0 Å². The fourth-order valence-electron chi connectivity index (χ4n) is 1.40. The molecule has 0 amide bonds. The molecule has 0 saturated carbocycles. The molecule has 10 heteroatoms. The lowest BCUT2D eigenvalue weighted by Gasteiger charge is -2.19. The number of aliphatic hydroxyl groups excluding tert-OH is 1. The number of hydrogen-bond acceptors (Lipinski definition) is 3. The van der Waals surface area contributed by atoms with Crippen LogP contribution in [-0.2, 0) is 0 Å². The van der Waals surface area contributed by atoms with Gasteiger partial charge in [0.25, 0.3) is 0 Å². The van der Waals surface area contributed by atoms with Gasteiger partial charge in [-0.15, -0.1) is 25.6 Å². The Morgan fingerprint density at radius 1 is 1.05 bits per heavy atom. The first-order chi connectivity index (χ1) is 8.99. The zero-order valence-electron chi connectivity index (χ0n) is 10.3. The molecule has 0 unspecified atom stereocenters. The Morgan fingerprint density at radius 3 is 1.90 bits per heavy atom. The topological polar surface area (TPSA) is 55.5 Å². The number of alkyl halides is 6. The van der Waals surface area contributed by atoms with E-state index in [4.69, 9.17) is 5.73 Å². The summed E-state index contributed by atoms with van der Waals surface area (Å²) in [5.74, 6) is -0.534. The molecular weight excluding hydrogens is 328 g/mol. The van der Waals surface area contributed by atoms with Gasteiger partial charge in [-0.05, 0) is 17.7 Å². The maximum atomic E-state index is 12.2. The molecule has 1 aromatic rings. The number of aliphatic hydroxyl groups is 1. The number of benzene rings is 1. The van der Waals surface area contributed by atoms with Crippen molar-refractivity contribution in [2.45, 2.75) is 31.1 Å². The van der Waals surface area contributed by atoms with Crippen LogP contribution in [0.3, 0.4) is 0 Å². The monoisotopic (exact) mass is 339 g/mol. The van der Waals surface area contributed by atoms with Crippen LogP contribution in [0, 0.1) is 0 Å². The van der Waals surface area contributed by atoms with Crippen LogP contribution in [0.4, 0.5) is 26.3 Å². The summed E-state index contributed by atoms with van der Waals surface area (Å²) in [4.78, 5) is 0. The summed E-state index contributed by atoms with van der Waals surface area (Å²) in [6.07, 6.45) is -11.8. The van der Waals surface area contributed by atoms with E-state index in [9.17, 15) is 31.4 Å². The first-order valence-electron chi connectivity index (χ1n) is 5.35. The fourth-order valence-corrected chi connectivity index (χ4v) is 1.40. The van der Waals surface area contributed by atoms with E-state index in [1.54, 1.807) is 0 Å². The minimum Gasteiger partial charge on any atom is -0.406 e. The van der Waals surface area contributed by atoms with Crippen LogP contribution >= 0.6 is 12.4 Å². The van der Waals surface area contributed by atoms with Gasteiger partial charge in [0.15, 0.2) is 0 Å². The Hall–Kier alpha value is -1.19. The van der Waals surface area contributed by atoms with E-state index in [1.807, 2.05) is 0 Å². The van der Waals surface area contributed by atoms with Crippen molar-refractivity contribution in [2.75, 3.05) is 0 Å². The Balaban J connectivity index is 0.00000400. The zero-order chi connectivity index (χ0) is 15.6. The summed E-state index contributed by atoms with van der Waals surface area (Å²) in [5, 5.41) is 9.53. The number of ether oxygens (including phenoxy) is 1. The second-order valence-electron chi connectivity index (χ2n) is 4.02. The van der Waals surface area contributed by atoms with Crippen LogP contribution in [0.5, 0.6) is 5.75 Å². The van der Waals surface area contributed by atoms with E-state index < -0.39 is 36.9 Å². The van der Waals surface area contributed by atoms with Crippen molar-refractivity contribution in [3.63, 3.8) is 0 Å². The van der Waals surface area contributed by atoms with Crippen LogP contribution < -0.4 is 10.5 Å². The summed E-state index contributed by atoms with van der Waals surface area (Å²) in [5.41, 5.74) is 4.86. The molecule has 0 heterocycles. The van der Waals surface area contributed by atoms with Crippen molar-refractivity contribution in [2.24, 2.45) is 5.73 Å². The molecule has 0 aliphatic rings. The largest absolute Gasteiger partial charge is 0.573 e. The van der Waals surface area contributed by atoms with Crippen LogP contribution in [0.2, 0.25) is 0 Å². The molecule has 0 radical (unpaired) electrons. The number of halogens is 7. The summed E-state index contributed by atoms with van der Waals surface area (Å²) < 4.78 is 75.8. The van der Waals surface area contributed by atoms with Crippen molar-refractivity contribution in [3.8, 4) is 5.75 Å². The molecule has 1 aromatic carbocycles. The Bertz CT molecular complexity index is 434. The highest BCUT2D eigenvalue weighted by Gasteiger charge is 2.38. The maximum Gasteiger partial charge on any atom is 0.573 e. The molecule has 2 atom stereocenters. The predicted octanol–water partition coefficient (Wildman–Crippen LogP) is 3.32. The summed E-state index contributed by atoms with van der Waals surface area (Å²) in [6.45, 7) is 0. The highest BCUT2D eigenvalue weighted by Crippen LogP contribution is 2.29. The van der Waals surface area contributed by atoms with Crippen molar-refractivity contribution < 1.29 is 36.2 Å². The van der Waals surface area contributed by atoms with E-state index in [0.717, 1.165) is 24.3 Å². The molecule has 0 aromatic heterocycles. The van der Waals surface area contributed by atoms with Crippen molar-refractivity contribution >= 4 is 12.4 Å². The molecule has 21 heavy (non-hydrogen) atoms. The molecule has 0 aliphatic heterocycles. The molecular formula is C11H12ClF6NO2. The standard InChI is InChI=1S/C11H11F6NO2.ClH/c12-10(13,14)9(18)5-8(19)6-1-3-7(4-2-6)20-11(15,16)17;/h1-4,8-9,19H,5,18H2;1H/t8-,9+;/m1./s1. The number of nitrogens with two attached hydrogens (primary N) is 1. The van der Waals surface area contributed by atoms with Gasteiger partial charge in [0.1, 0.15) is 11.8 Å². The summed E-state index contributed by atoms with van der Waals surface area (Å²) in [6, 6.07) is 1.64. The molecule has 0 saturated heterocycles. The van der Waals surface area contributed by atoms with Crippen LogP contribution in [0.1, 0.15) is 18.1 Å². The van der Waals surface area contributed by atoms with E-state index in [-0.39, 0.29) is 18.0 Å². The fraction of sp³-hybridized carbons (Fsp3) is 0.455. The maximum absolute atomic E-state index is 12.2. The van der Waals surface area contributed by atoms with Gasteiger partial charge >= 0.3 is 12.5 Å². The first-order valence-corrected chi connectivity index (χ1v) is 5.35. The average molecular weight is 340 g/mol. The SMILES string of the molecule is Cl.N[C@@H](C[C@@H](O)c1ccc(OC(F)(F)F)cc1)C(F)(F)F. The van der Waals surface area contributed by atoms with Gasteiger partial charge in [-0.2, -0.15) is 13.2 Å². The highest BCUT2D eigenvalue weighted by atomic mass is 35.5. The van der Waals surface area contributed by atoms with Gasteiger partial charge in [-0.25, -0.2) is 0 Å². The third-order valence-corrected chi connectivity index (χ3v) is 2.40. The zero-order valence-corrected chi connectivity index (χ0v) is 11.1. The van der Waals surface area contributed by atoms with E-state index in [1.165, 1.54) is 0 Å². The van der Waals surface area contributed by atoms with E-state index in [2.05, 4.69) is 4.74 Å². The first kappa shape index (κ1) is 19.8. The minimum absolute atomic E-state index is 0. The molecule has 0 aliphatic carbocycles. The summed E-state index contributed by atoms with van der Waals surface area (Å²) in [7, 11) is 0. The smallest absolute Gasteiger partial charge is 0.406 e. The third-order valence-electron chi connectivity index (χ3n) is 2.40. The number of hydrogen-bond donors (Lipinski definition) is 2. The molecule has 3 nitrogen and oxygen atoms in total. The lowest BCUT2D eigenvalue weighted by molar-refractivity contribution is -0.274. The second kappa shape index (κ2) is 7.19. The average Bonchev–Trinajstić information content (AvgIpc) is 2.26. The number of rotatable bonds is 4. The van der Waals surface area contributed by atoms with Crippen LogP contribution in [0.15, 0.2) is 24.3 Å². The van der Waals surface area contributed by atoms with Gasteiger partial charge < -0.3 is 15.6 Å². The molecule has 1 rings (SSSR count). The van der Waals surface area contributed by atoms with Crippen molar-refractivity contribution in [1.82, 2.24) is 0 Å². The van der Waals surface area contributed by atoms with Gasteiger partial charge in [-0.1, -0.05) is 12.1 Å². The van der Waals surface area contributed by atoms with Gasteiger partial charge in [-0.3, -0.25) is 0 Å². The Kier molecular flexibility index (Phi) is 6.78. The van der Waals surface area contributed by atoms with Gasteiger partial charge in [0.05, 0.1) is 6.10 Å². The van der Waals surface area contributed by atoms with Crippen molar-refractivity contribution in [1.29, 1.82) is 0 Å². The Morgan fingerprint density at radius 2 is 1.52 bits per heavy atom. The highest BCUT2D eigenvalue weighted by molar-refractivity contribution is 5.85. The molecule has 0 bridgehead atoms. The van der Waals surface area contributed by atoms with E-state index >= 15 is 0 Å². The van der Waals surface area contributed by atoms with Gasteiger partial charge in [0, 0.05) is 6.42 Å². The van der Waals surface area contributed by atoms with Crippen molar-refractivity contribution in [3.05, 3.63) is 29.8 Å². The minimum atomic E-state index is -4.86. The second-order valence-corrected chi connectivity index (χ2v) is 4.02. The lowest BCUT2D eigenvalue weighted by atomic mass is 10.0. The van der Waals surface area contributed by atoms with Crippen LogP contribution in [-0.4, -0.2) is 23.7 Å². The Labute approximate surface area is 122 Å². The molecule has 122 valence electrons. The molecule has 0 spiro atoms.